The first kappa shape index (κ1) is 23.0. The zero-order valence-corrected chi connectivity index (χ0v) is 20.4. The van der Waals surface area contributed by atoms with E-state index in [0.717, 1.165) is 22.5 Å². The van der Waals surface area contributed by atoms with E-state index in [4.69, 9.17) is 14.2 Å². The molecule has 0 saturated heterocycles. The highest BCUT2D eigenvalue weighted by molar-refractivity contribution is 6.05. The molecule has 0 aliphatic rings. The van der Waals surface area contributed by atoms with Gasteiger partial charge in [0.25, 0.3) is 5.91 Å². The zero-order valence-electron chi connectivity index (χ0n) is 20.4. The highest BCUT2D eigenvalue weighted by Crippen LogP contribution is 2.34. The maximum Gasteiger partial charge on any atom is 0.274 e. The molecule has 5 rings (SSSR count). The van der Waals surface area contributed by atoms with Crippen molar-refractivity contribution in [1.29, 1.82) is 0 Å². The Morgan fingerprint density at radius 2 is 1.69 bits per heavy atom. The number of nitrogens with one attached hydrogen (secondary N) is 1. The summed E-state index contributed by atoms with van der Waals surface area (Å²) < 4.78 is 19.8. The van der Waals surface area contributed by atoms with Gasteiger partial charge in [0.15, 0.2) is 0 Å². The highest BCUT2D eigenvalue weighted by Gasteiger charge is 2.19. The summed E-state index contributed by atoms with van der Waals surface area (Å²) >= 11 is 0. The Labute approximate surface area is 207 Å². The predicted molar refractivity (Wildman–Crippen MR) is 137 cm³/mol. The molecule has 0 saturated carbocycles. The number of aromatic nitrogens is 4. The molecule has 0 spiro atoms. The second-order valence-electron chi connectivity index (χ2n) is 8.07. The van der Waals surface area contributed by atoms with Crippen molar-refractivity contribution in [2.45, 2.75) is 0 Å². The predicted octanol–water partition coefficient (Wildman–Crippen LogP) is 4.68. The van der Waals surface area contributed by atoms with Crippen LogP contribution in [-0.2, 0) is 7.05 Å². The van der Waals surface area contributed by atoms with Crippen LogP contribution in [0.1, 0.15) is 10.5 Å². The Balaban J connectivity index is 1.47. The van der Waals surface area contributed by atoms with Crippen LogP contribution in [0.2, 0.25) is 0 Å². The number of aryl methyl sites for hydroxylation is 1. The van der Waals surface area contributed by atoms with Gasteiger partial charge in [0.05, 0.1) is 38.4 Å². The van der Waals surface area contributed by atoms with Gasteiger partial charge >= 0.3 is 0 Å². The fraction of sp³-hybridized carbons (Fsp3) is 0.148. The topological polar surface area (TPSA) is 91.9 Å². The molecule has 0 aliphatic carbocycles. The van der Waals surface area contributed by atoms with Gasteiger partial charge in [-0.05, 0) is 54.6 Å². The summed E-state index contributed by atoms with van der Waals surface area (Å²) in [5.41, 5.74) is 4.67. The van der Waals surface area contributed by atoms with Crippen LogP contribution in [0, 0.1) is 0 Å². The van der Waals surface area contributed by atoms with Crippen molar-refractivity contribution in [3.05, 3.63) is 78.8 Å². The molecule has 0 bridgehead atoms. The van der Waals surface area contributed by atoms with E-state index in [-0.39, 0.29) is 5.91 Å². The number of ether oxygens (including phenoxy) is 3. The first-order chi connectivity index (χ1) is 17.5. The number of nitrogens with zero attached hydrogens (tertiary/aromatic N) is 4. The average molecular weight is 484 g/mol. The van der Waals surface area contributed by atoms with Crippen molar-refractivity contribution < 1.29 is 19.0 Å². The van der Waals surface area contributed by atoms with Gasteiger partial charge < -0.3 is 23.9 Å². The van der Waals surface area contributed by atoms with Gasteiger partial charge in [0.1, 0.15) is 28.6 Å². The quantitative estimate of drug-likeness (QED) is 0.361. The van der Waals surface area contributed by atoms with E-state index < -0.39 is 0 Å². The molecule has 3 heterocycles. The fourth-order valence-corrected chi connectivity index (χ4v) is 4.05. The van der Waals surface area contributed by atoms with Crippen molar-refractivity contribution in [2.24, 2.45) is 7.05 Å². The number of amides is 1. The molecule has 0 radical (unpaired) electrons. The third-order valence-electron chi connectivity index (χ3n) is 5.90. The number of carbonyl (C=O) groups is 1. The first-order valence-corrected chi connectivity index (χ1v) is 11.2. The number of benzene rings is 2. The van der Waals surface area contributed by atoms with Crippen molar-refractivity contribution in [1.82, 2.24) is 19.2 Å². The molecule has 0 atom stereocenters. The lowest BCUT2D eigenvalue weighted by Crippen LogP contribution is -2.16. The molecular formula is C27H25N5O4. The van der Waals surface area contributed by atoms with Crippen molar-refractivity contribution in [3.63, 3.8) is 0 Å². The molecule has 0 aliphatic heterocycles. The van der Waals surface area contributed by atoms with Gasteiger partial charge in [-0.25, -0.2) is 4.98 Å². The maximum atomic E-state index is 13.3. The SMILES string of the molecule is COc1ccc(OC)c(-c2cc(C(=O)Nc3cc(-c4cn5ccccc5n4)ccc3OC)n(C)n2)c1. The van der Waals surface area contributed by atoms with Crippen LogP contribution in [-0.4, -0.2) is 46.4 Å². The molecule has 0 fully saturated rings. The number of fused-ring (bicyclic) bond motifs is 1. The lowest BCUT2D eigenvalue weighted by molar-refractivity contribution is 0.101. The van der Waals surface area contributed by atoms with Gasteiger partial charge in [-0.1, -0.05) is 6.07 Å². The van der Waals surface area contributed by atoms with Crippen LogP contribution in [0.25, 0.3) is 28.2 Å². The number of pyridine rings is 1. The van der Waals surface area contributed by atoms with Crippen LogP contribution in [0.5, 0.6) is 17.2 Å². The third-order valence-corrected chi connectivity index (χ3v) is 5.90. The summed E-state index contributed by atoms with van der Waals surface area (Å²) in [6.07, 6.45) is 3.88. The Morgan fingerprint density at radius 3 is 2.44 bits per heavy atom. The summed E-state index contributed by atoms with van der Waals surface area (Å²) in [6.45, 7) is 0. The van der Waals surface area contributed by atoms with Crippen LogP contribution < -0.4 is 19.5 Å². The van der Waals surface area contributed by atoms with Crippen LogP contribution in [0.15, 0.2) is 73.1 Å². The standard InChI is InChI=1S/C27H25N5O4/c1-31-23(15-20(30-31)19-14-18(34-2)9-11-24(19)35-3)27(33)29-21-13-17(8-10-25(21)36-4)22-16-32-12-6-5-7-26(32)28-22/h5-16H,1-4H3,(H,29,33). The second kappa shape index (κ2) is 9.46. The van der Waals surface area contributed by atoms with Crippen LogP contribution in [0.3, 0.4) is 0 Å². The van der Waals surface area contributed by atoms with Gasteiger partial charge in [0, 0.05) is 30.6 Å². The summed E-state index contributed by atoms with van der Waals surface area (Å²) in [7, 11) is 6.46. The van der Waals surface area contributed by atoms with Crippen molar-refractivity contribution in [3.8, 4) is 39.8 Å². The molecule has 1 N–H and O–H groups in total. The number of anilines is 1. The largest absolute Gasteiger partial charge is 0.497 e. The summed E-state index contributed by atoms with van der Waals surface area (Å²) in [5.74, 6) is 1.50. The molecule has 3 aromatic heterocycles. The van der Waals surface area contributed by atoms with E-state index in [1.165, 1.54) is 4.68 Å². The number of carbonyl (C=O) groups excluding carboxylic acids is 1. The monoisotopic (exact) mass is 483 g/mol. The normalized spacial score (nSPS) is 10.9. The van der Waals surface area contributed by atoms with E-state index in [1.807, 2.05) is 59.3 Å². The third kappa shape index (κ3) is 4.22. The molecule has 5 aromatic rings. The van der Waals surface area contributed by atoms with E-state index in [2.05, 4.69) is 15.4 Å². The lowest BCUT2D eigenvalue weighted by atomic mass is 10.1. The smallest absolute Gasteiger partial charge is 0.274 e. The minimum absolute atomic E-state index is 0.330. The fourth-order valence-electron chi connectivity index (χ4n) is 4.05. The molecule has 0 unspecified atom stereocenters. The van der Waals surface area contributed by atoms with E-state index >= 15 is 0 Å². The van der Waals surface area contributed by atoms with Crippen LogP contribution >= 0.6 is 0 Å². The Kier molecular flexibility index (Phi) is 6.03. The Bertz CT molecular complexity index is 1540. The lowest BCUT2D eigenvalue weighted by Gasteiger charge is -2.11. The van der Waals surface area contributed by atoms with E-state index in [1.54, 1.807) is 46.6 Å². The van der Waals surface area contributed by atoms with Crippen molar-refractivity contribution in [2.75, 3.05) is 26.6 Å². The van der Waals surface area contributed by atoms with E-state index in [0.29, 0.717) is 34.3 Å². The molecule has 9 heteroatoms. The van der Waals surface area contributed by atoms with E-state index in [9.17, 15) is 4.79 Å². The van der Waals surface area contributed by atoms with Crippen LogP contribution in [0.4, 0.5) is 5.69 Å². The first-order valence-electron chi connectivity index (χ1n) is 11.2. The second-order valence-corrected chi connectivity index (χ2v) is 8.07. The maximum absolute atomic E-state index is 13.3. The molecule has 36 heavy (non-hydrogen) atoms. The Hall–Kier alpha value is -4.79. The molecule has 1 amide bonds. The number of rotatable bonds is 7. The summed E-state index contributed by atoms with van der Waals surface area (Å²) in [6, 6.07) is 18.5. The minimum Gasteiger partial charge on any atom is -0.497 e. The number of hydrogen-bond donors (Lipinski definition) is 1. The summed E-state index contributed by atoms with van der Waals surface area (Å²) in [4.78, 5) is 18.0. The summed E-state index contributed by atoms with van der Waals surface area (Å²) in [5, 5.41) is 7.50. The molecule has 9 nitrogen and oxygen atoms in total. The molecular weight excluding hydrogens is 458 g/mol. The number of hydrogen-bond acceptors (Lipinski definition) is 6. The number of imidazole rings is 1. The minimum atomic E-state index is -0.330. The molecule has 2 aromatic carbocycles. The van der Waals surface area contributed by atoms with Gasteiger partial charge in [-0.3, -0.25) is 9.48 Å². The molecule has 182 valence electrons. The van der Waals surface area contributed by atoms with Gasteiger partial charge in [-0.2, -0.15) is 5.10 Å². The average Bonchev–Trinajstić information content (AvgIpc) is 3.52. The zero-order chi connectivity index (χ0) is 25.2. The Morgan fingerprint density at radius 1 is 0.889 bits per heavy atom. The number of methoxy groups -OCH3 is 3. The van der Waals surface area contributed by atoms with Gasteiger partial charge in [-0.15, -0.1) is 0 Å². The van der Waals surface area contributed by atoms with Gasteiger partial charge in [0.2, 0.25) is 0 Å². The van der Waals surface area contributed by atoms with Crippen molar-refractivity contribution >= 4 is 17.2 Å². The highest BCUT2D eigenvalue weighted by atomic mass is 16.5.